The normalized spacial score (nSPS) is 13.1. The molecule has 1 unspecified atom stereocenters. The molecule has 0 aliphatic carbocycles. The molecule has 1 aromatic carbocycles. The van der Waals surface area contributed by atoms with Gasteiger partial charge in [0.15, 0.2) is 0 Å². The predicted octanol–water partition coefficient (Wildman–Crippen LogP) is 1.64. The molecule has 0 aliphatic heterocycles. The lowest BCUT2D eigenvalue weighted by Crippen LogP contribution is -2.37. The smallest absolute Gasteiger partial charge is 0.251 e. The zero-order valence-electron chi connectivity index (χ0n) is 10.7. The van der Waals surface area contributed by atoms with E-state index in [-0.39, 0.29) is 17.8 Å². The topological polar surface area (TPSA) is 87.7 Å². The number of aryl methyl sites for hydroxylation is 1. The van der Waals surface area contributed by atoms with Crippen molar-refractivity contribution < 1.29 is 10.0 Å². The molecule has 1 amide bonds. The maximum absolute atomic E-state index is 12.1. The summed E-state index contributed by atoms with van der Waals surface area (Å²) in [5, 5.41) is 14.3. The number of oxime groups is 1. The summed E-state index contributed by atoms with van der Waals surface area (Å²) in [4.78, 5) is 12.1. The number of amidine groups is 1. The molecule has 0 saturated heterocycles. The van der Waals surface area contributed by atoms with Crippen molar-refractivity contribution in [3.8, 4) is 0 Å². The highest BCUT2D eigenvalue weighted by atomic mass is 16.4. The highest BCUT2D eigenvalue weighted by molar-refractivity contribution is 5.96. The first-order valence-electron chi connectivity index (χ1n) is 5.91. The van der Waals surface area contributed by atoms with Gasteiger partial charge in [-0.05, 0) is 25.0 Å². The van der Waals surface area contributed by atoms with E-state index in [0.717, 1.165) is 5.56 Å². The largest absolute Gasteiger partial charge is 0.409 e. The molecule has 0 fully saturated rings. The summed E-state index contributed by atoms with van der Waals surface area (Å²) in [6.07, 6.45) is 1.05. The lowest BCUT2D eigenvalue weighted by atomic mass is 10.1. The Morgan fingerprint density at radius 1 is 1.50 bits per heavy atom. The third kappa shape index (κ3) is 3.76. The van der Waals surface area contributed by atoms with Gasteiger partial charge in [0.2, 0.25) is 0 Å². The number of benzene rings is 1. The maximum atomic E-state index is 12.1. The van der Waals surface area contributed by atoms with E-state index in [1.807, 2.05) is 32.0 Å². The third-order valence-corrected chi connectivity index (χ3v) is 2.80. The Hall–Kier alpha value is -2.04. The summed E-state index contributed by atoms with van der Waals surface area (Å²) < 4.78 is 0. The Labute approximate surface area is 107 Å². The molecule has 0 spiro atoms. The number of nitrogens with two attached hydrogens (primary N) is 1. The summed E-state index contributed by atoms with van der Waals surface area (Å²) in [6.45, 7) is 3.83. The van der Waals surface area contributed by atoms with Gasteiger partial charge in [0.25, 0.3) is 5.91 Å². The van der Waals surface area contributed by atoms with Crippen molar-refractivity contribution in [2.75, 3.05) is 0 Å². The lowest BCUT2D eigenvalue weighted by Gasteiger charge is -2.16. The van der Waals surface area contributed by atoms with Crippen molar-refractivity contribution in [2.24, 2.45) is 10.9 Å². The van der Waals surface area contributed by atoms with E-state index in [4.69, 9.17) is 10.9 Å². The number of carbonyl (C=O) groups is 1. The van der Waals surface area contributed by atoms with Crippen LogP contribution < -0.4 is 11.1 Å². The van der Waals surface area contributed by atoms with Crippen LogP contribution in [0.5, 0.6) is 0 Å². The second-order valence-corrected chi connectivity index (χ2v) is 4.19. The summed E-state index contributed by atoms with van der Waals surface area (Å²) in [5.74, 6) is -0.0161. The molecule has 18 heavy (non-hydrogen) atoms. The van der Waals surface area contributed by atoms with Crippen molar-refractivity contribution >= 4 is 11.7 Å². The van der Waals surface area contributed by atoms with Crippen molar-refractivity contribution in [3.05, 3.63) is 35.4 Å². The van der Waals surface area contributed by atoms with Gasteiger partial charge in [0, 0.05) is 18.0 Å². The minimum Gasteiger partial charge on any atom is -0.409 e. The van der Waals surface area contributed by atoms with Gasteiger partial charge in [-0.25, -0.2) is 0 Å². The van der Waals surface area contributed by atoms with Crippen molar-refractivity contribution in [3.63, 3.8) is 0 Å². The number of hydrogen-bond acceptors (Lipinski definition) is 3. The van der Waals surface area contributed by atoms with E-state index in [2.05, 4.69) is 10.5 Å². The van der Waals surface area contributed by atoms with Crippen LogP contribution in [0.25, 0.3) is 0 Å². The molecule has 5 heteroatoms. The van der Waals surface area contributed by atoms with Gasteiger partial charge < -0.3 is 16.3 Å². The van der Waals surface area contributed by atoms with Crippen LogP contribution in [0.15, 0.2) is 29.4 Å². The van der Waals surface area contributed by atoms with Gasteiger partial charge in [0.1, 0.15) is 5.84 Å². The van der Waals surface area contributed by atoms with Crippen LogP contribution in [0.4, 0.5) is 0 Å². The Morgan fingerprint density at radius 3 is 2.72 bits per heavy atom. The standard InChI is InChI=1S/C13H19N3O2/c1-3-10(8-12(14)16-18)15-13(17)11-7-5-4-6-9(11)2/h4-7,10,18H,3,8H2,1-2H3,(H2,14,16)(H,15,17). The Morgan fingerprint density at radius 2 is 2.17 bits per heavy atom. The van der Waals surface area contributed by atoms with Gasteiger partial charge in [-0.1, -0.05) is 30.3 Å². The molecular formula is C13H19N3O2. The van der Waals surface area contributed by atoms with Crippen molar-refractivity contribution in [1.29, 1.82) is 0 Å². The first kappa shape index (κ1) is 14.0. The average molecular weight is 249 g/mol. The fraction of sp³-hybridized carbons (Fsp3) is 0.385. The van der Waals surface area contributed by atoms with Crippen LogP contribution in [0, 0.1) is 6.92 Å². The van der Waals surface area contributed by atoms with Crippen LogP contribution in [-0.2, 0) is 0 Å². The average Bonchev–Trinajstić information content (AvgIpc) is 2.38. The number of amides is 1. The van der Waals surface area contributed by atoms with Crippen LogP contribution in [-0.4, -0.2) is 23.0 Å². The monoisotopic (exact) mass is 249 g/mol. The molecule has 0 saturated carbocycles. The molecule has 4 N–H and O–H groups in total. The summed E-state index contributed by atoms with van der Waals surface area (Å²) in [5.41, 5.74) is 7.02. The molecule has 1 atom stereocenters. The van der Waals surface area contributed by atoms with Crippen LogP contribution in [0.2, 0.25) is 0 Å². The van der Waals surface area contributed by atoms with E-state index in [9.17, 15) is 4.79 Å². The summed E-state index contributed by atoms with van der Waals surface area (Å²) in [7, 11) is 0. The highest BCUT2D eigenvalue weighted by Crippen LogP contribution is 2.08. The molecule has 1 rings (SSSR count). The molecular weight excluding hydrogens is 230 g/mol. The Kier molecular flexibility index (Phi) is 5.17. The molecule has 5 nitrogen and oxygen atoms in total. The number of hydrogen-bond donors (Lipinski definition) is 3. The third-order valence-electron chi connectivity index (χ3n) is 2.80. The van der Waals surface area contributed by atoms with Gasteiger partial charge in [-0.2, -0.15) is 0 Å². The van der Waals surface area contributed by atoms with Gasteiger partial charge in [-0.15, -0.1) is 0 Å². The quantitative estimate of drug-likeness (QED) is 0.321. The number of carbonyl (C=O) groups excluding carboxylic acids is 1. The Bertz CT molecular complexity index is 444. The Balaban J connectivity index is 2.71. The van der Waals surface area contributed by atoms with E-state index in [0.29, 0.717) is 18.4 Å². The first-order valence-corrected chi connectivity index (χ1v) is 5.91. The van der Waals surface area contributed by atoms with E-state index >= 15 is 0 Å². The minimum absolute atomic E-state index is 0.118. The molecule has 0 bridgehead atoms. The van der Waals surface area contributed by atoms with Crippen LogP contribution in [0.1, 0.15) is 35.7 Å². The zero-order valence-corrected chi connectivity index (χ0v) is 10.7. The summed E-state index contributed by atoms with van der Waals surface area (Å²) >= 11 is 0. The van der Waals surface area contributed by atoms with Crippen molar-refractivity contribution in [2.45, 2.75) is 32.7 Å². The number of nitrogens with one attached hydrogen (secondary N) is 1. The first-order chi connectivity index (χ1) is 8.58. The van der Waals surface area contributed by atoms with Gasteiger partial charge >= 0.3 is 0 Å². The minimum atomic E-state index is -0.134. The van der Waals surface area contributed by atoms with Crippen LogP contribution in [0.3, 0.4) is 0 Å². The molecule has 1 aromatic rings. The van der Waals surface area contributed by atoms with Gasteiger partial charge in [0.05, 0.1) is 0 Å². The molecule has 0 aliphatic rings. The number of rotatable bonds is 5. The van der Waals surface area contributed by atoms with Gasteiger partial charge in [-0.3, -0.25) is 4.79 Å². The van der Waals surface area contributed by atoms with E-state index < -0.39 is 0 Å². The van der Waals surface area contributed by atoms with E-state index in [1.165, 1.54) is 0 Å². The highest BCUT2D eigenvalue weighted by Gasteiger charge is 2.14. The molecule has 98 valence electrons. The molecule has 0 aromatic heterocycles. The zero-order chi connectivity index (χ0) is 13.5. The number of nitrogens with zero attached hydrogens (tertiary/aromatic N) is 1. The lowest BCUT2D eigenvalue weighted by molar-refractivity contribution is 0.0936. The second kappa shape index (κ2) is 6.64. The maximum Gasteiger partial charge on any atom is 0.251 e. The fourth-order valence-corrected chi connectivity index (χ4v) is 1.68. The van der Waals surface area contributed by atoms with E-state index in [1.54, 1.807) is 6.07 Å². The molecule has 0 radical (unpaired) electrons. The molecule has 0 heterocycles. The second-order valence-electron chi connectivity index (χ2n) is 4.19. The van der Waals surface area contributed by atoms with Crippen LogP contribution >= 0.6 is 0 Å². The summed E-state index contributed by atoms with van der Waals surface area (Å²) in [6, 6.07) is 7.25. The predicted molar refractivity (Wildman–Crippen MR) is 70.8 cm³/mol. The fourth-order valence-electron chi connectivity index (χ4n) is 1.68. The SMILES string of the molecule is CCC(CC(N)=NO)NC(=O)c1ccccc1C. The van der Waals surface area contributed by atoms with Crippen molar-refractivity contribution in [1.82, 2.24) is 5.32 Å².